The van der Waals surface area contributed by atoms with Crippen LogP contribution in [0, 0.1) is 6.92 Å². The first-order valence-corrected chi connectivity index (χ1v) is 7.45. The number of pyridine rings is 1. The highest BCUT2D eigenvalue weighted by molar-refractivity contribution is 5.86. The number of carbonyl (C=O) groups is 1. The molecule has 0 atom stereocenters. The van der Waals surface area contributed by atoms with Gasteiger partial charge in [-0.15, -0.1) is 0 Å². The first-order valence-electron chi connectivity index (χ1n) is 7.45. The average Bonchev–Trinajstić information content (AvgIpc) is 2.84. The van der Waals surface area contributed by atoms with Crippen LogP contribution in [0.25, 0.3) is 16.9 Å². The fraction of sp³-hybridized carbons (Fsp3) is 0.263. The fourth-order valence-corrected chi connectivity index (χ4v) is 2.62. The fourth-order valence-electron chi connectivity index (χ4n) is 2.62. The van der Waals surface area contributed by atoms with Gasteiger partial charge in [0.2, 0.25) is 0 Å². The Balaban J connectivity index is 2.15. The maximum atomic E-state index is 11.5. The summed E-state index contributed by atoms with van der Waals surface area (Å²) >= 11 is 0. The molecular formula is C19H20N2O. The lowest BCUT2D eigenvalue weighted by molar-refractivity contribution is 0.111. The van der Waals surface area contributed by atoms with Crippen LogP contribution in [-0.4, -0.2) is 15.7 Å². The lowest BCUT2D eigenvalue weighted by atomic mass is 9.86. The summed E-state index contributed by atoms with van der Waals surface area (Å²) in [5, 5.41) is 0. The van der Waals surface area contributed by atoms with Crippen LogP contribution in [0.1, 0.15) is 42.4 Å². The van der Waals surface area contributed by atoms with E-state index in [9.17, 15) is 4.79 Å². The first kappa shape index (κ1) is 14.5. The molecule has 2 aromatic heterocycles. The van der Waals surface area contributed by atoms with Gasteiger partial charge in [0.25, 0.3) is 0 Å². The third kappa shape index (κ3) is 2.43. The number of hydrogen-bond donors (Lipinski definition) is 0. The van der Waals surface area contributed by atoms with E-state index in [1.807, 2.05) is 41.8 Å². The van der Waals surface area contributed by atoms with Crippen molar-refractivity contribution >= 4 is 11.9 Å². The van der Waals surface area contributed by atoms with Gasteiger partial charge in [-0.25, -0.2) is 4.98 Å². The van der Waals surface area contributed by atoms with Crippen molar-refractivity contribution in [1.29, 1.82) is 0 Å². The molecule has 0 fully saturated rings. The summed E-state index contributed by atoms with van der Waals surface area (Å²) in [5.41, 5.74) is 5.61. The Kier molecular flexibility index (Phi) is 3.36. The molecule has 0 bridgehead atoms. The molecule has 0 spiro atoms. The molecule has 22 heavy (non-hydrogen) atoms. The van der Waals surface area contributed by atoms with Crippen molar-refractivity contribution in [3.8, 4) is 11.3 Å². The number of fused-ring (bicyclic) bond motifs is 1. The number of aldehydes is 1. The summed E-state index contributed by atoms with van der Waals surface area (Å²) in [5.74, 6) is 0. The summed E-state index contributed by atoms with van der Waals surface area (Å²) in [6.07, 6.45) is 2.77. The molecule has 0 saturated heterocycles. The molecule has 112 valence electrons. The molecule has 0 aliphatic rings. The van der Waals surface area contributed by atoms with Gasteiger partial charge in [-0.3, -0.25) is 9.20 Å². The van der Waals surface area contributed by atoms with Crippen LogP contribution in [-0.2, 0) is 5.41 Å². The molecule has 3 heteroatoms. The van der Waals surface area contributed by atoms with E-state index in [4.69, 9.17) is 0 Å². The molecule has 0 amide bonds. The third-order valence-corrected chi connectivity index (χ3v) is 3.95. The Morgan fingerprint density at radius 3 is 2.36 bits per heavy atom. The van der Waals surface area contributed by atoms with Gasteiger partial charge in [-0.1, -0.05) is 45.0 Å². The van der Waals surface area contributed by atoms with Crippen molar-refractivity contribution in [2.45, 2.75) is 33.1 Å². The molecule has 0 saturated carbocycles. The summed E-state index contributed by atoms with van der Waals surface area (Å²) < 4.78 is 1.84. The van der Waals surface area contributed by atoms with Gasteiger partial charge in [-0.05, 0) is 35.6 Å². The monoisotopic (exact) mass is 292 g/mol. The second kappa shape index (κ2) is 5.09. The molecule has 1 aromatic carbocycles. The minimum Gasteiger partial charge on any atom is -0.297 e. The molecule has 0 N–H and O–H groups in total. The smallest absolute Gasteiger partial charge is 0.169 e. The van der Waals surface area contributed by atoms with E-state index in [0.29, 0.717) is 5.69 Å². The predicted molar refractivity (Wildman–Crippen MR) is 89.5 cm³/mol. The summed E-state index contributed by atoms with van der Waals surface area (Å²) in [4.78, 5) is 16.2. The Labute approximate surface area is 130 Å². The van der Waals surface area contributed by atoms with E-state index in [1.54, 1.807) is 0 Å². The zero-order valence-corrected chi connectivity index (χ0v) is 13.4. The largest absolute Gasteiger partial charge is 0.297 e. The van der Waals surface area contributed by atoms with Gasteiger partial charge in [0, 0.05) is 11.8 Å². The van der Waals surface area contributed by atoms with E-state index in [1.165, 1.54) is 5.56 Å². The van der Waals surface area contributed by atoms with Crippen molar-refractivity contribution in [2.75, 3.05) is 0 Å². The maximum absolute atomic E-state index is 11.5. The van der Waals surface area contributed by atoms with Crippen molar-refractivity contribution in [3.05, 3.63) is 59.4 Å². The minimum absolute atomic E-state index is 0.113. The minimum atomic E-state index is 0.113. The summed E-state index contributed by atoms with van der Waals surface area (Å²) in [6.45, 7) is 8.58. The number of rotatable bonds is 2. The van der Waals surface area contributed by atoms with Gasteiger partial charge in [0.15, 0.2) is 6.29 Å². The van der Waals surface area contributed by atoms with Crippen LogP contribution < -0.4 is 0 Å². The van der Waals surface area contributed by atoms with E-state index >= 15 is 0 Å². The molecule has 2 heterocycles. The number of aromatic nitrogens is 2. The second-order valence-electron chi connectivity index (χ2n) is 6.72. The topological polar surface area (TPSA) is 34.4 Å². The molecule has 3 aromatic rings. The van der Waals surface area contributed by atoms with Crippen LogP contribution in [0.15, 0.2) is 42.6 Å². The maximum Gasteiger partial charge on any atom is 0.169 e. The van der Waals surface area contributed by atoms with Crippen LogP contribution in [0.2, 0.25) is 0 Å². The number of hydrogen-bond acceptors (Lipinski definition) is 2. The van der Waals surface area contributed by atoms with Crippen molar-refractivity contribution in [2.24, 2.45) is 0 Å². The number of benzene rings is 1. The van der Waals surface area contributed by atoms with E-state index in [2.05, 4.69) is 37.9 Å². The molecule has 0 aliphatic heterocycles. The van der Waals surface area contributed by atoms with Gasteiger partial charge in [0.1, 0.15) is 17.0 Å². The predicted octanol–water partition coefficient (Wildman–Crippen LogP) is 4.42. The lowest BCUT2D eigenvalue weighted by Gasteiger charge is -2.18. The summed E-state index contributed by atoms with van der Waals surface area (Å²) in [7, 11) is 0. The highest BCUT2D eigenvalue weighted by Gasteiger charge is 2.16. The Bertz CT molecular complexity index is 836. The van der Waals surface area contributed by atoms with E-state index in [0.717, 1.165) is 28.8 Å². The zero-order chi connectivity index (χ0) is 15.9. The Morgan fingerprint density at radius 1 is 1.09 bits per heavy atom. The second-order valence-corrected chi connectivity index (χ2v) is 6.72. The first-order chi connectivity index (χ1) is 10.4. The normalized spacial score (nSPS) is 11.8. The van der Waals surface area contributed by atoms with Crippen LogP contribution >= 0.6 is 0 Å². The Hall–Kier alpha value is -2.42. The molecular weight excluding hydrogens is 272 g/mol. The van der Waals surface area contributed by atoms with Crippen LogP contribution in [0.5, 0.6) is 0 Å². The molecule has 0 aliphatic carbocycles. The number of aryl methyl sites for hydroxylation is 1. The standard InChI is InChI=1S/C19H20N2O/c1-13-9-10-21-16(12-22)18(20-17(21)11-13)14-5-7-15(8-6-14)19(2,3)4/h5-12H,1-4H3. The number of imidazole rings is 1. The highest BCUT2D eigenvalue weighted by Crippen LogP contribution is 2.28. The van der Waals surface area contributed by atoms with Gasteiger partial charge in [0.05, 0.1) is 0 Å². The van der Waals surface area contributed by atoms with Gasteiger partial charge >= 0.3 is 0 Å². The van der Waals surface area contributed by atoms with Crippen molar-refractivity contribution < 1.29 is 4.79 Å². The van der Waals surface area contributed by atoms with Crippen LogP contribution in [0.3, 0.4) is 0 Å². The van der Waals surface area contributed by atoms with Gasteiger partial charge < -0.3 is 0 Å². The summed E-state index contributed by atoms with van der Waals surface area (Å²) in [6, 6.07) is 12.3. The SMILES string of the molecule is Cc1ccn2c(C=O)c(-c3ccc(C(C)(C)C)cc3)nc2c1. The van der Waals surface area contributed by atoms with E-state index < -0.39 is 0 Å². The third-order valence-electron chi connectivity index (χ3n) is 3.95. The zero-order valence-electron chi connectivity index (χ0n) is 13.4. The number of nitrogens with zero attached hydrogens (tertiary/aromatic N) is 2. The Morgan fingerprint density at radius 2 is 1.77 bits per heavy atom. The van der Waals surface area contributed by atoms with Crippen LogP contribution in [0.4, 0.5) is 0 Å². The quantitative estimate of drug-likeness (QED) is 0.655. The highest BCUT2D eigenvalue weighted by atomic mass is 16.1. The molecule has 0 radical (unpaired) electrons. The molecule has 0 unspecified atom stereocenters. The van der Waals surface area contributed by atoms with E-state index in [-0.39, 0.29) is 5.41 Å². The van der Waals surface area contributed by atoms with Crippen molar-refractivity contribution in [3.63, 3.8) is 0 Å². The lowest BCUT2D eigenvalue weighted by Crippen LogP contribution is -2.10. The van der Waals surface area contributed by atoms with Crippen molar-refractivity contribution in [1.82, 2.24) is 9.38 Å². The average molecular weight is 292 g/mol. The molecule has 3 rings (SSSR count). The van der Waals surface area contributed by atoms with Gasteiger partial charge in [-0.2, -0.15) is 0 Å². The molecule has 3 nitrogen and oxygen atoms in total. The number of carbonyl (C=O) groups excluding carboxylic acids is 1.